The molecule has 1 aromatic carbocycles. The van der Waals surface area contributed by atoms with Gasteiger partial charge in [0.1, 0.15) is 0 Å². The molecule has 0 aromatic heterocycles. The number of carbonyl (C=O) groups is 1. The van der Waals surface area contributed by atoms with E-state index in [4.69, 9.17) is 10.9 Å². The Hall–Kier alpha value is -2.08. The van der Waals surface area contributed by atoms with Crippen LogP contribution in [0.1, 0.15) is 11.1 Å². The van der Waals surface area contributed by atoms with E-state index in [0.29, 0.717) is 12.1 Å². The van der Waals surface area contributed by atoms with Crippen molar-refractivity contribution in [3.05, 3.63) is 35.4 Å². The summed E-state index contributed by atoms with van der Waals surface area (Å²) >= 11 is 0. The highest BCUT2D eigenvalue weighted by Crippen LogP contribution is 2.07. The number of nitrogens with zero attached hydrogens (tertiary/aromatic N) is 1. The maximum atomic E-state index is 11.0. The van der Waals surface area contributed by atoms with E-state index in [0.717, 1.165) is 5.56 Å². The number of amidine groups is 1. The average Bonchev–Trinajstić information content (AvgIpc) is 2.38. The van der Waals surface area contributed by atoms with Crippen LogP contribution in [0.5, 0.6) is 0 Å². The van der Waals surface area contributed by atoms with E-state index in [1.165, 1.54) is 0 Å². The van der Waals surface area contributed by atoms with Crippen molar-refractivity contribution in [1.82, 2.24) is 10.6 Å². The highest BCUT2D eigenvalue weighted by molar-refractivity contribution is 5.98. The van der Waals surface area contributed by atoms with E-state index in [1.807, 2.05) is 12.1 Å². The van der Waals surface area contributed by atoms with E-state index < -0.39 is 0 Å². The molecule has 1 rings (SSSR count). The summed E-state index contributed by atoms with van der Waals surface area (Å²) in [5, 5.41) is 17.1. The lowest BCUT2D eigenvalue weighted by Gasteiger charge is -2.08. The summed E-state index contributed by atoms with van der Waals surface area (Å²) in [5.41, 5.74) is 7.07. The molecular weight excluding hydrogens is 220 g/mol. The molecule has 0 spiro atoms. The lowest BCUT2D eigenvalue weighted by Crippen LogP contribution is -2.31. The fraction of sp³-hybridized carbons (Fsp3) is 0.273. The fourth-order valence-corrected chi connectivity index (χ4v) is 1.38. The van der Waals surface area contributed by atoms with Crippen LogP contribution in [0.2, 0.25) is 0 Å². The first kappa shape index (κ1) is 13.0. The third-order valence-corrected chi connectivity index (χ3v) is 2.28. The largest absolute Gasteiger partial charge is 0.409 e. The third-order valence-electron chi connectivity index (χ3n) is 2.28. The van der Waals surface area contributed by atoms with E-state index in [-0.39, 0.29) is 18.3 Å². The maximum absolute atomic E-state index is 11.0. The van der Waals surface area contributed by atoms with Gasteiger partial charge in [-0.2, -0.15) is 0 Å². The predicted octanol–water partition coefficient (Wildman–Crippen LogP) is -0.383. The molecule has 0 aliphatic rings. The molecule has 0 aliphatic carbocycles. The van der Waals surface area contributed by atoms with E-state index >= 15 is 0 Å². The summed E-state index contributed by atoms with van der Waals surface area (Å²) in [4.78, 5) is 11.0. The Morgan fingerprint density at radius 2 is 2.18 bits per heavy atom. The Balaban J connectivity index is 2.68. The number of oxime groups is 1. The summed E-state index contributed by atoms with van der Waals surface area (Å²) in [7, 11) is 1.58. The smallest absolute Gasteiger partial charge is 0.233 e. The van der Waals surface area contributed by atoms with E-state index in [1.54, 1.807) is 19.2 Å². The summed E-state index contributed by atoms with van der Waals surface area (Å²) in [6.07, 6.45) is 0. The van der Waals surface area contributed by atoms with Crippen LogP contribution in [-0.2, 0) is 11.3 Å². The lowest BCUT2D eigenvalue weighted by atomic mass is 10.1. The molecule has 0 atom stereocenters. The number of hydrogen-bond donors (Lipinski definition) is 4. The van der Waals surface area contributed by atoms with Crippen LogP contribution in [0.25, 0.3) is 0 Å². The first-order valence-electron chi connectivity index (χ1n) is 5.16. The number of hydrogen-bond acceptors (Lipinski definition) is 4. The van der Waals surface area contributed by atoms with Gasteiger partial charge >= 0.3 is 0 Å². The van der Waals surface area contributed by atoms with Crippen molar-refractivity contribution >= 4 is 11.7 Å². The second-order valence-electron chi connectivity index (χ2n) is 3.42. The van der Waals surface area contributed by atoms with E-state index in [9.17, 15) is 4.79 Å². The number of benzene rings is 1. The van der Waals surface area contributed by atoms with Crippen LogP contribution in [-0.4, -0.2) is 30.5 Å². The van der Waals surface area contributed by atoms with Crippen molar-refractivity contribution in [1.29, 1.82) is 0 Å². The van der Waals surface area contributed by atoms with Crippen molar-refractivity contribution in [3.8, 4) is 0 Å². The quantitative estimate of drug-likeness (QED) is 0.242. The molecule has 0 radical (unpaired) electrons. The fourth-order valence-electron chi connectivity index (χ4n) is 1.38. The molecule has 92 valence electrons. The minimum atomic E-state index is -0.0914. The average molecular weight is 236 g/mol. The second kappa shape index (κ2) is 6.49. The highest BCUT2D eigenvalue weighted by atomic mass is 16.4. The van der Waals surface area contributed by atoms with Gasteiger partial charge in [0.05, 0.1) is 6.54 Å². The number of rotatable bonds is 5. The number of nitrogens with one attached hydrogen (secondary N) is 2. The SMILES string of the molecule is CNC(=O)CNCc1ccccc1C(N)=NO. The zero-order chi connectivity index (χ0) is 12.7. The number of nitrogens with two attached hydrogens (primary N) is 1. The molecule has 17 heavy (non-hydrogen) atoms. The Morgan fingerprint density at radius 1 is 1.47 bits per heavy atom. The maximum Gasteiger partial charge on any atom is 0.233 e. The Labute approximate surface area is 99.5 Å². The number of carbonyl (C=O) groups excluding carboxylic acids is 1. The van der Waals surface area contributed by atoms with Crippen LogP contribution >= 0.6 is 0 Å². The van der Waals surface area contributed by atoms with Crippen molar-refractivity contribution in [2.75, 3.05) is 13.6 Å². The zero-order valence-electron chi connectivity index (χ0n) is 9.60. The molecule has 0 saturated carbocycles. The molecule has 0 aliphatic heterocycles. The van der Waals surface area contributed by atoms with Gasteiger partial charge in [0.2, 0.25) is 5.91 Å². The second-order valence-corrected chi connectivity index (χ2v) is 3.42. The van der Waals surface area contributed by atoms with Gasteiger partial charge in [-0.05, 0) is 5.56 Å². The van der Waals surface area contributed by atoms with Crippen molar-refractivity contribution in [3.63, 3.8) is 0 Å². The highest BCUT2D eigenvalue weighted by Gasteiger charge is 2.06. The number of likely N-dealkylation sites (N-methyl/N-ethyl adjacent to an activating group) is 1. The molecule has 0 bridgehead atoms. The standard InChI is InChI=1S/C11H16N4O2/c1-13-10(16)7-14-6-8-4-2-3-5-9(8)11(12)15-17/h2-5,14,17H,6-7H2,1H3,(H2,12,15)(H,13,16). The zero-order valence-corrected chi connectivity index (χ0v) is 9.60. The minimum absolute atomic E-state index is 0.0577. The monoisotopic (exact) mass is 236 g/mol. The van der Waals surface area contributed by atoms with Crippen LogP contribution in [0.15, 0.2) is 29.4 Å². The third kappa shape index (κ3) is 3.76. The van der Waals surface area contributed by atoms with Gasteiger partial charge in [0.25, 0.3) is 0 Å². The van der Waals surface area contributed by atoms with Crippen LogP contribution in [0, 0.1) is 0 Å². The van der Waals surface area contributed by atoms with Crippen LogP contribution < -0.4 is 16.4 Å². The molecule has 0 fully saturated rings. The topological polar surface area (TPSA) is 99.7 Å². The van der Waals surface area contributed by atoms with Crippen LogP contribution in [0.3, 0.4) is 0 Å². The van der Waals surface area contributed by atoms with Gasteiger partial charge in [0, 0.05) is 19.2 Å². The lowest BCUT2D eigenvalue weighted by molar-refractivity contribution is -0.119. The molecule has 0 unspecified atom stereocenters. The molecule has 1 amide bonds. The Kier molecular flexibility index (Phi) is 4.96. The predicted molar refractivity (Wildman–Crippen MR) is 64.7 cm³/mol. The van der Waals surface area contributed by atoms with E-state index in [2.05, 4.69) is 15.8 Å². The van der Waals surface area contributed by atoms with Crippen molar-refractivity contribution in [2.45, 2.75) is 6.54 Å². The summed E-state index contributed by atoms with van der Waals surface area (Å²) in [6.45, 7) is 0.695. The van der Waals surface area contributed by atoms with Gasteiger partial charge in [0.15, 0.2) is 5.84 Å². The van der Waals surface area contributed by atoms with Gasteiger partial charge in [-0.25, -0.2) is 0 Å². The Bertz CT molecular complexity index is 418. The molecule has 6 heteroatoms. The first-order chi connectivity index (χ1) is 8.19. The summed E-state index contributed by atoms with van der Waals surface area (Å²) in [6, 6.07) is 7.26. The normalized spacial score (nSPS) is 11.2. The Morgan fingerprint density at radius 3 is 2.82 bits per heavy atom. The summed E-state index contributed by atoms with van der Waals surface area (Å²) < 4.78 is 0. The van der Waals surface area contributed by atoms with Gasteiger partial charge in [-0.15, -0.1) is 0 Å². The molecule has 1 aromatic rings. The molecule has 0 heterocycles. The molecule has 5 N–H and O–H groups in total. The van der Waals surface area contributed by atoms with Crippen molar-refractivity contribution < 1.29 is 10.0 Å². The first-order valence-corrected chi connectivity index (χ1v) is 5.16. The van der Waals surface area contributed by atoms with Crippen LogP contribution in [0.4, 0.5) is 0 Å². The van der Waals surface area contributed by atoms with Crippen molar-refractivity contribution in [2.24, 2.45) is 10.9 Å². The summed E-state index contributed by atoms with van der Waals surface area (Å²) in [5.74, 6) is -0.0337. The van der Waals surface area contributed by atoms with Gasteiger partial charge < -0.3 is 21.6 Å². The minimum Gasteiger partial charge on any atom is -0.409 e. The number of amides is 1. The molecular formula is C11H16N4O2. The molecule has 0 saturated heterocycles. The van der Waals surface area contributed by atoms with Gasteiger partial charge in [-0.1, -0.05) is 29.4 Å². The molecule has 6 nitrogen and oxygen atoms in total. The van der Waals surface area contributed by atoms with Gasteiger partial charge in [-0.3, -0.25) is 4.79 Å².